The molecule has 0 unspecified atom stereocenters. The fraction of sp³-hybridized carbons (Fsp3) is 0.261. The molecule has 0 radical (unpaired) electrons. The van der Waals surface area contributed by atoms with Crippen molar-refractivity contribution in [1.29, 1.82) is 0 Å². The van der Waals surface area contributed by atoms with E-state index in [0.29, 0.717) is 18.8 Å². The molecule has 1 aliphatic rings. The largest absolute Gasteiger partial charge is 0.351 e. The van der Waals surface area contributed by atoms with Gasteiger partial charge in [-0.15, -0.1) is 0 Å². The normalized spacial score (nSPS) is 13.1. The third-order valence-electron chi connectivity index (χ3n) is 5.20. The van der Waals surface area contributed by atoms with Gasteiger partial charge in [-0.25, -0.2) is 9.97 Å². The molecule has 2 aromatic carbocycles. The summed E-state index contributed by atoms with van der Waals surface area (Å²) in [7, 11) is 0. The zero-order valence-corrected chi connectivity index (χ0v) is 16.1. The Bertz CT molecular complexity index is 940. The highest BCUT2D eigenvalue weighted by atomic mass is 16.2. The van der Waals surface area contributed by atoms with Crippen LogP contribution < -0.4 is 4.90 Å². The summed E-state index contributed by atoms with van der Waals surface area (Å²) in [5, 5.41) is 0. The van der Waals surface area contributed by atoms with Crippen LogP contribution in [0.5, 0.6) is 0 Å². The molecule has 1 aromatic heterocycles. The first-order chi connectivity index (χ1) is 13.7. The van der Waals surface area contributed by atoms with Gasteiger partial charge in [0.05, 0.1) is 12.4 Å². The van der Waals surface area contributed by atoms with Gasteiger partial charge in [0.15, 0.2) is 0 Å². The summed E-state index contributed by atoms with van der Waals surface area (Å²) in [6, 6.07) is 18.6. The average molecular weight is 372 g/mol. The van der Waals surface area contributed by atoms with Crippen molar-refractivity contribution in [2.75, 3.05) is 18.0 Å². The van der Waals surface area contributed by atoms with Crippen molar-refractivity contribution in [3.05, 3.63) is 89.4 Å². The number of nitrogens with zero attached hydrogens (tertiary/aromatic N) is 4. The fourth-order valence-electron chi connectivity index (χ4n) is 3.58. The molecule has 2 heterocycles. The van der Waals surface area contributed by atoms with Gasteiger partial charge in [-0.2, -0.15) is 0 Å². The highest BCUT2D eigenvalue weighted by molar-refractivity contribution is 5.92. The van der Waals surface area contributed by atoms with Crippen LogP contribution in [0.15, 0.2) is 67.0 Å². The molecule has 5 nitrogen and oxygen atoms in total. The second-order valence-corrected chi connectivity index (χ2v) is 7.01. The van der Waals surface area contributed by atoms with Gasteiger partial charge in [0, 0.05) is 26.2 Å². The van der Waals surface area contributed by atoms with Crippen LogP contribution in [0.1, 0.15) is 34.1 Å². The second kappa shape index (κ2) is 8.21. The maximum atomic E-state index is 12.9. The van der Waals surface area contributed by atoms with E-state index in [-0.39, 0.29) is 5.91 Å². The molecule has 0 aliphatic carbocycles. The van der Waals surface area contributed by atoms with E-state index in [1.807, 2.05) is 29.2 Å². The van der Waals surface area contributed by atoms with Crippen LogP contribution in [-0.2, 0) is 19.5 Å². The molecule has 3 aromatic rings. The van der Waals surface area contributed by atoms with E-state index < -0.39 is 0 Å². The van der Waals surface area contributed by atoms with Crippen molar-refractivity contribution in [3.63, 3.8) is 0 Å². The number of carbonyl (C=O) groups is 1. The van der Waals surface area contributed by atoms with E-state index >= 15 is 0 Å². The van der Waals surface area contributed by atoms with Crippen LogP contribution in [0.3, 0.4) is 0 Å². The van der Waals surface area contributed by atoms with E-state index in [4.69, 9.17) is 0 Å². The first-order valence-electron chi connectivity index (χ1n) is 9.71. The van der Waals surface area contributed by atoms with Gasteiger partial charge in [-0.1, -0.05) is 54.6 Å². The van der Waals surface area contributed by atoms with Crippen molar-refractivity contribution in [3.8, 4) is 0 Å². The highest BCUT2D eigenvalue weighted by Gasteiger charge is 2.22. The van der Waals surface area contributed by atoms with Gasteiger partial charge in [0.25, 0.3) is 5.91 Å². The SMILES string of the molecule is CCN(Cc1ccccc1)c1cnc(C(=O)N2CCc3ccccc3C2)cn1. The molecule has 142 valence electrons. The summed E-state index contributed by atoms with van der Waals surface area (Å²) >= 11 is 0. The van der Waals surface area contributed by atoms with Crippen LogP contribution in [0.2, 0.25) is 0 Å². The molecule has 4 rings (SSSR count). The second-order valence-electron chi connectivity index (χ2n) is 7.01. The summed E-state index contributed by atoms with van der Waals surface area (Å²) in [5.41, 5.74) is 4.16. The van der Waals surface area contributed by atoms with Gasteiger partial charge in [0.2, 0.25) is 0 Å². The molecule has 0 bridgehead atoms. The first-order valence-corrected chi connectivity index (χ1v) is 9.71. The number of hydrogen-bond acceptors (Lipinski definition) is 4. The van der Waals surface area contributed by atoms with E-state index in [9.17, 15) is 4.79 Å². The predicted molar refractivity (Wildman–Crippen MR) is 110 cm³/mol. The lowest BCUT2D eigenvalue weighted by molar-refractivity contribution is 0.0728. The van der Waals surface area contributed by atoms with Crippen molar-refractivity contribution in [2.24, 2.45) is 0 Å². The molecular weight excluding hydrogens is 348 g/mol. The summed E-state index contributed by atoms with van der Waals surface area (Å²) in [5.74, 6) is 0.728. The summed E-state index contributed by atoms with van der Waals surface area (Å²) in [6.07, 6.45) is 4.19. The zero-order chi connectivity index (χ0) is 19.3. The lowest BCUT2D eigenvalue weighted by Crippen LogP contribution is -2.36. The molecule has 1 aliphatic heterocycles. The number of benzene rings is 2. The maximum absolute atomic E-state index is 12.9. The quantitative estimate of drug-likeness (QED) is 0.685. The standard InChI is InChI=1S/C23H24N4O/c1-2-26(16-18-8-4-3-5-9-18)22-15-24-21(14-25-22)23(28)27-13-12-19-10-6-7-11-20(19)17-27/h3-11,14-15H,2,12-13,16-17H2,1H3. The average Bonchev–Trinajstić information content (AvgIpc) is 2.77. The molecule has 0 saturated carbocycles. The smallest absolute Gasteiger partial charge is 0.274 e. The lowest BCUT2D eigenvalue weighted by atomic mass is 10.00. The number of carbonyl (C=O) groups excluding carboxylic acids is 1. The van der Waals surface area contributed by atoms with Crippen LogP contribution in [0, 0.1) is 0 Å². The Kier molecular flexibility index (Phi) is 5.33. The highest BCUT2D eigenvalue weighted by Crippen LogP contribution is 2.20. The Morgan fingerprint density at radius 1 is 1.00 bits per heavy atom. The Labute approximate surface area is 165 Å². The zero-order valence-electron chi connectivity index (χ0n) is 16.1. The molecule has 0 spiro atoms. The maximum Gasteiger partial charge on any atom is 0.274 e. The minimum atomic E-state index is -0.0559. The number of fused-ring (bicyclic) bond motifs is 1. The minimum absolute atomic E-state index is 0.0559. The van der Waals surface area contributed by atoms with Gasteiger partial charge < -0.3 is 9.80 Å². The first kappa shape index (κ1) is 18.2. The van der Waals surface area contributed by atoms with E-state index in [1.165, 1.54) is 16.7 Å². The molecule has 5 heteroatoms. The molecule has 28 heavy (non-hydrogen) atoms. The minimum Gasteiger partial charge on any atom is -0.351 e. The van der Waals surface area contributed by atoms with Crippen LogP contribution in [0.4, 0.5) is 5.82 Å². The Balaban J connectivity index is 1.46. The molecule has 0 fully saturated rings. The topological polar surface area (TPSA) is 49.3 Å². The van der Waals surface area contributed by atoms with Crippen LogP contribution >= 0.6 is 0 Å². The van der Waals surface area contributed by atoms with E-state index in [2.05, 4.69) is 52.1 Å². The summed E-state index contributed by atoms with van der Waals surface area (Å²) in [6.45, 7) is 5.03. The number of aromatic nitrogens is 2. The molecule has 0 saturated heterocycles. The van der Waals surface area contributed by atoms with Gasteiger partial charge in [-0.05, 0) is 30.0 Å². The van der Waals surface area contributed by atoms with Crippen molar-refractivity contribution in [2.45, 2.75) is 26.4 Å². The number of anilines is 1. The van der Waals surface area contributed by atoms with Gasteiger partial charge in [0.1, 0.15) is 11.5 Å². The summed E-state index contributed by atoms with van der Waals surface area (Å²) in [4.78, 5) is 25.8. The molecule has 0 atom stereocenters. The third-order valence-corrected chi connectivity index (χ3v) is 5.20. The number of amides is 1. The van der Waals surface area contributed by atoms with Crippen LogP contribution in [-0.4, -0.2) is 33.9 Å². The molecule has 1 amide bonds. The number of rotatable bonds is 5. The van der Waals surface area contributed by atoms with Crippen LogP contribution in [0.25, 0.3) is 0 Å². The lowest BCUT2D eigenvalue weighted by Gasteiger charge is -2.28. The Morgan fingerprint density at radius 2 is 1.75 bits per heavy atom. The van der Waals surface area contributed by atoms with Gasteiger partial charge >= 0.3 is 0 Å². The monoisotopic (exact) mass is 372 g/mol. The Morgan fingerprint density at radius 3 is 2.46 bits per heavy atom. The third kappa shape index (κ3) is 3.88. The molecule has 0 N–H and O–H groups in total. The van der Waals surface area contributed by atoms with Crippen molar-refractivity contribution >= 4 is 11.7 Å². The summed E-state index contributed by atoms with van der Waals surface area (Å²) < 4.78 is 0. The van der Waals surface area contributed by atoms with Crippen molar-refractivity contribution in [1.82, 2.24) is 14.9 Å². The van der Waals surface area contributed by atoms with Crippen molar-refractivity contribution < 1.29 is 4.79 Å². The van der Waals surface area contributed by atoms with E-state index in [1.54, 1.807) is 12.4 Å². The predicted octanol–water partition coefficient (Wildman–Crippen LogP) is 3.70. The Hall–Kier alpha value is -3.21. The molecular formula is C23H24N4O. The number of hydrogen-bond donors (Lipinski definition) is 0. The fourth-order valence-corrected chi connectivity index (χ4v) is 3.58. The van der Waals surface area contributed by atoms with Gasteiger partial charge in [-0.3, -0.25) is 4.79 Å². The van der Waals surface area contributed by atoms with E-state index in [0.717, 1.165) is 25.3 Å².